The van der Waals surface area contributed by atoms with Crippen molar-refractivity contribution in [2.75, 3.05) is 20.2 Å². The van der Waals surface area contributed by atoms with Crippen molar-refractivity contribution in [2.45, 2.75) is 32.7 Å². The Hall–Kier alpha value is -1.35. The number of hydrogen-bond acceptors (Lipinski definition) is 3. The molecule has 0 heterocycles. The summed E-state index contributed by atoms with van der Waals surface area (Å²) < 4.78 is 5.12. The quantitative estimate of drug-likeness (QED) is 0.524. The molecule has 0 amide bonds. The average molecular weight is 249 g/mol. The molecule has 0 aromatic heterocycles. The molecule has 0 N–H and O–H groups in total. The fraction of sp³-hybridized carbons (Fsp3) is 0.533. The number of esters is 1. The standard InChI is InChI=1S/C15H23NO2/c1-3-4-12-18-15(17)10-11-16(2)13-14-8-6-5-7-9-14/h5-9H,3-4,10-13H2,1-2H3. The zero-order valence-corrected chi connectivity index (χ0v) is 11.4. The largest absolute Gasteiger partial charge is 0.466 e. The van der Waals surface area contributed by atoms with Gasteiger partial charge in [0.25, 0.3) is 0 Å². The Kier molecular flexibility index (Phi) is 7.11. The van der Waals surface area contributed by atoms with Gasteiger partial charge in [-0.1, -0.05) is 43.7 Å². The van der Waals surface area contributed by atoms with Gasteiger partial charge < -0.3 is 9.64 Å². The minimum absolute atomic E-state index is 0.0941. The maximum atomic E-state index is 11.4. The molecule has 0 radical (unpaired) electrons. The van der Waals surface area contributed by atoms with E-state index in [1.165, 1.54) is 5.56 Å². The van der Waals surface area contributed by atoms with Crippen molar-refractivity contribution in [3.8, 4) is 0 Å². The number of hydrogen-bond donors (Lipinski definition) is 0. The van der Waals surface area contributed by atoms with Gasteiger partial charge in [-0.05, 0) is 19.0 Å². The first-order chi connectivity index (χ1) is 8.72. The monoisotopic (exact) mass is 249 g/mol. The van der Waals surface area contributed by atoms with Crippen molar-refractivity contribution in [1.29, 1.82) is 0 Å². The van der Waals surface area contributed by atoms with Crippen LogP contribution in [0.15, 0.2) is 30.3 Å². The van der Waals surface area contributed by atoms with Crippen LogP contribution in [0.4, 0.5) is 0 Å². The van der Waals surface area contributed by atoms with Crippen molar-refractivity contribution >= 4 is 5.97 Å². The molecule has 0 unspecified atom stereocenters. The summed E-state index contributed by atoms with van der Waals surface area (Å²) in [5.41, 5.74) is 1.26. The summed E-state index contributed by atoms with van der Waals surface area (Å²) in [6.45, 7) is 4.24. The summed E-state index contributed by atoms with van der Waals surface area (Å²) in [5, 5.41) is 0. The first kappa shape index (κ1) is 14.7. The van der Waals surface area contributed by atoms with Gasteiger partial charge in [0.05, 0.1) is 13.0 Å². The van der Waals surface area contributed by atoms with Gasteiger partial charge >= 0.3 is 5.97 Å². The lowest BCUT2D eigenvalue weighted by atomic mass is 10.2. The molecule has 0 aliphatic carbocycles. The first-order valence-corrected chi connectivity index (χ1v) is 6.60. The normalized spacial score (nSPS) is 10.6. The summed E-state index contributed by atoms with van der Waals surface area (Å²) in [7, 11) is 2.02. The molecular weight excluding hydrogens is 226 g/mol. The smallest absolute Gasteiger partial charge is 0.307 e. The maximum Gasteiger partial charge on any atom is 0.307 e. The molecule has 0 saturated heterocycles. The SMILES string of the molecule is CCCCOC(=O)CCN(C)Cc1ccccc1. The van der Waals surface area contributed by atoms with Crippen LogP contribution < -0.4 is 0 Å². The molecular formula is C15H23NO2. The summed E-state index contributed by atoms with van der Waals surface area (Å²) >= 11 is 0. The van der Waals surface area contributed by atoms with E-state index < -0.39 is 0 Å². The predicted octanol–water partition coefficient (Wildman–Crippen LogP) is 2.85. The highest BCUT2D eigenvalue weighted by Gasteiger charge is 2.05. The second kappa shape index (κ2) is 8.70. The Morgan fingerprint density at radius 2 is 2.00 bits per heavy atom. The predicted molar refractivity (Wildman–Crippen MR) is 73.3 cm³/mol. The number of ether oxygens (including phenoxy) is 1. The van der Waals surface area contributed by atoms with Crippen molar-refractivity contribution in [2.24, 2.45) is 0 Å². The Bertz CT molecular complexity index is 338. The number of carbonyl (C=O) groups excluding carboxylic acids is 1. The summed E-state index contributed by atoms with van der Waals surface area (Å²) in [6.07, 6.45) is 2.47. The second-order valence-corrected chi connectivity index (χ2v) is 4.55. The molecule has 0 fully saturated rings. The molecule has 0 saturated carbocycles. The van der Waals surface area contributed by atoms with E-state index in [0.717, 1.165) is 25.9 Å². The summed E-state index contributed by atoms with van der Waals surface area (Å²) in [6, 6.07) is 10.3. The van der Waals surface area contributed by atoms with E-state index in [4.69, 9.17) is 4.74 Å². The third-order valence-corrected chi connectivity index (χ3v) is 2.75. The van der Waals surface area contributed by atoms with Crippen LogP contribution in [0, 0.1) is 0 Å². The van der Waals surface area contributed by atoms with Gasteiger partial charge in [-0.25, -0.2) is 0 Å². The minimum atomic E-state index is -0.0941. The van der Waals surface area contributed by atoms with Crippen LogP contribution in [0.3, 0.4) is 0 Å². The van der Waals surface area contributed by atoms with Gasteiger partial charge in [0.1, 0.15) is 0 Å². The summed E-state index contributed by atoms with van der Waals surface area (Å²) in [5.74, 6) is -0.0941. The summed E-state index contributed by atoms with van der Waals surface area (Å²) in [4.78, 5) is 13.6. The average Bonchev–Trinajstić information content (AvgIpc) is 2.38. The molecule has 0 bridgehead atoms. The van der Waals surface area contributed by atoms with Gasteiger partial charge in [0.15, 0.2) is 0 Å². The molecule has 18 heavy (non-hydrogen) atoms. The number of carbonyl (C=O) groups is 1. The van der Waals surface area contributed by atoms with E-state index >= 15 is 0 Å². The number of benzene rings is 1. The van der Waals surface area contributed by atoms with Gasteiger partial charge in [-0.3, -0.25) is 4.79 Å². The zero-order valence-electron chi connectivity index (χ0n) is 11.4. The number of rotatable bonds is 8. The third-order valence-electron chi connectivity index (χ3n) is 2.75. The maximum absolute atomic E-state index is 11.4. The van der Waals surface area contributed by atoms with E-state index in [1.54, 1.807) is 0 Å². The van der Waals surface area contributed by atoms with Crippen LogP contribution in [-0.2, 0) is 16.1 Å². The van der Waals surface area contributed by atoms with Crippen LogP contribution in [0.1, 0.15) is 31.7 Å². The number of nitrogens with zero attached hydrogens (tertiary/aromatic N) is 1. The third kappa shape index (κ3) is 6.40. The fourth-order valence-electron chi connectivity index (χ4n) is 1.66. The Labute approximate surface area is 110 Å². The van der Waals surface area contributed by atoms with Crippen molar-refractivity contribution in [3.63, 3.8) is 0 Å². The minimum Gasteiger partial charge on any atom is -0.466 e. The molecule has 100 valence electrons. The van der Waals surface area contributed by atoms with Gasteiger partial charge in [0, 0.05) is 13.1 Å². The molecule has 1 aromatic carbocycles. The topological polar surface area (TPSA) is 29.5 Å². The lowest BCUT2D eigenvalue weighted by Crippen LogP contribution is -2.22. The van der Waals surface area contributed by atoms with Gasteiger partial charge in [-0.2, -0.15) is 0 Å². The Morgan fingerprint density at radius 3 is 2.67 bits per heavy atom. The highest BCUT2D eigenvalue weighted by molar-refractivity contribution is 5.69. The van der Waals surface area contributed by atoms with E-state index in [2.05, 4.69) is 24.0 Å². The Morgan fingerprint density at radius 1 is 1.28 bits per heavy atom. The lowest BCUT2D eigenvalue weighted by molar-refractivity contribution is -0.144. The second-order valence-electron chi connectivity index (χ2n) is 4.55. The van der Waals surface area contributed by atoms with E-state index in [1.807, 2.05) is 25.2 Å². The molecule has 1 aromatic rings. The fourth-order valence-corrected chi connectivity index (χ4v) is 1.66. The van der Waals surface area contributed by atoms with Crippen LogP contribution >= 0.6 is 0 Å². The van der Waals surface area contributed by atoms with E-state index in [9.17, 15) is 4.79 Å². The zero-order chi connectivity index (χ0) is 13.2. The number of unbranched alkanes of at least 4 members (excludes halogenated alkanes) is 1. The highest BCUT2D eigenvalue weighted by atomic mass is 16.5. The van der Waals surface area contributed by atoms with Crippen LogP contribution in [0.2, 0.25) is 0 Å². The van der Waals surface area contributed by atoms with E-state index in [-0.39, 0.29) is 5.97 Å². The first-order valence-electron chi connectivity index (χ1n) is 6.60. The molecule has 3 heteroatoms. The molecule has 1 rings (SSSR count). The van der Waals surface area contributed by atoms with Gasteiger partial charge in [-0.15, -0.1) is 0 Å². The Balaban J connectivity index is 2.17. The van der Waals surface area contributed by atoms with Crippen molar-refractivity contribution < 1.29 is 9.53 Å². The van der Waals surface area contributed by atoms with Crippen LogP contribution in [0.5, 0.6) is 0 Å². The highest BCUT2D eigenvalue weighted by Crippen LogP contribution is 2.03. The van der Waals surface area contributed by atoms with E-state index in [0.29, 0.717) is 13.0 Å². The molecule has 0 aliphatic rings. The molecule has 0 spiro atoms. The van der Waals surface area contributed by atoms with Crippen molar-refractivity contribution in [3.05, 3.63) is 35.9 Å². The molecule has 0 atom stereocenters. The van der Waals surface area contributed by atoms with Crippen molar-refractivity contribution in [1.82, 2.24) is 4.90 Å². The van der Waals surface area contributed by atoms with Crippen LogP contribution in [-0.4, -0.2) is 31.1 Å². The molecule has 0 aliphatic heterocycles. The van der Waals surface area contributed by atoms with Crippen LogP contribution in [0.25, 0.3) is 0 Å². The lowest BCUT2D eigenvalue weighted by Gasteiger charge is -2.16. The van der Waals surface area contributed by atoms with Gasteiger partial charge in [0.2, 0.25) is 0 Å². The molecule has 3 nitrogen and oxygen atoms in total.